The monoisotopic (exact) mass is 783 g/mol. The molecule has 1 fully saturated rings. The summed E-state index contributed by atoms with van der Waals surface area (Å²) in [6.07, 6.45) is 41.7. The third-order valence-corrected chi connectivity index (χ3v) is 10.6. The number of epoxide rings is 1. The Balaban J connectivity index is 2.10. The zero-order chi connectivity index (χ0) is 39.5. The van der Waals surface area contributed by atoms with Gasteiger partial charge in [-0.1, -0.05) is 166 Å². The van der Waals surface area contributed by atoms with Gasteiger partial charge in [0.05, 0.1) is 18.8 Å². The van der Waals surface area contributed by atoms with E-state index in [-0.39, 0.29) is 31.7 Å². The standard InChI is InChI=1S/C44H79O9P/c1-4-6-7-8-9-10-11-17-20-23-26-29-33-41-42(53-41)34-31-36-43(45)50-37-40(38-51-54(47,48)49)52-44(46)35-30-27-24-21-18-15-13-12-14-16-19-22-25-28-32-39(3)5-2/h9-10,17,20,26,29,39-42H,4-8,11-16,18-19,21-25,27-28,30-38H2,1-3H3,(H2,47,48,49)/b10-9-,20-17-,29-26-/t39?,40-,41?,42?/m1/s1. The number of ether oxygens (including phenoxy) is 3. The number of phosphoric acid groups is 1. The van der Waals surface area contributed by atoms with Crippen molar-refractivity contribution in [3.63, 3.8) is 0 Å². The van der Waals surface area contributed by atoms with E-state index in [1.807, 2.05) is 0 Å². The fourth-order valence-electron chi connectivity index (χ4n) is 6.38. The molecule has 0 aromatic carbocycles. The molecule has 0 spiro atoms. The summed E-state index contributed by atoms with van der Waals surface area (Å²) < 4.78 is 32.2. The second-order valence-electron chi connectivity index (χ2n) is 15.3. The van der Waals surface area contributed by atoms with Crippen molar-refractivity contribution >= 4 is 19.8 Å². The van der Waals surface area contributed by atoms with Gasteiger partial charge in [0, 0.05) is 12.8 Å². The van der Waals surface area contributed by atoms with E-state index in [2.05, 4.69) is 61.8 Å². The van der Waals surface area contributed by atoms with Crippen molar-refractivity contribution in [1.29, 1.82) is 0 Å². The molecule has 3 unspecified atom stereocenters. The Labute approximate surface area is 329 Å². The molecule has 9 nitrogen and oxygen atoms in total. The number of allylic oxidation sites excluding steroid dienone is 5. The van der Waals surface area contributed by atoms with Gasteiger partial charge in [-0.2, -0.15) is 0 Å². The molecule has 54 heavy (non-hydrogen) atoms. The maximum atomic E-state index is 12.4. The highest BCUT2D eigenvalue weighted by Gasteiger charge is 2.36. The second-order valence-corrected chi connectivity index (χ2v) is 16.5. The molecule has 2 N–H and O–H groups in total. The van der Waals surface area contributed by atoms with Gasteiger partial charge < -0.3 is 24.0 Å². The van der Waals surface area contributed by atoms with Crippen molar-refractivity contribution < 1.29 is 42.7 Å². The van der Waals surface area contributed by atoms with Crippen LogP contribution < -0.4 is 0 Å². The van der Waals surface area contributed by atoms with Crippen LogP contribution in [0.25, 0.3) is 0 Å². The molecule has 1 aliphatic rings. The summed E-state index contributed by atoms with van der Waals surface area (Å²) in [6, 6.07) is 0. The van der Waals surface area contributed by atoms with Crippen LogP contribution in [0, 0.1) is 5.92 Å². The van der Waals surface area contributed by atoms with Crippen LogP contribution in [0.15, 0.2) is 36.5 Å². The maximum Gasteiger partial charge on any atom is 0.469 e. The molecule has 10 heteroatoms. The van der Waals surface area contributed by atoms with Crippen molar-refractivity contribution in [3.05, 3.63) is 36.5 Å². The van der Waals surface area contributed by atoms with Crippen molar-refractivity contribution in [3.8, 4) is 0 Å². The molecule has 1 rings (SSSR count). The lowest BCUT2D eigenvalue weighted by Crippen LogP contribution is -2.29. The minimum Gasteiger partial charge on any atom is -0.462 e. The highest BCUT2D eigenvalue weighted by Crippen LogP contribution is 2.36. The molecule has 0 bridgehead atoms. The molecular weight excluding hydrogens is 703 g/mol. The topological polar surface area (TPSA) is 132 Å². The first-order valence-corrected chi connectivity index (χ1v) is 23.3. The zero-order valence-corrected chi connectivity index (χ0v) is 35.4. The number of carbonyl (C=O) groups excluding carboxylic acids is 2. The molecule has 4 atom stereocenters. The van der Waals surface area contributed by atoms with Crippen LogP contribution in [-0.4, -0.2) is 53.3 Å². The SMILES string of the molecule is CCCCC/C=C\C/C=C\C/C=C\CC1OC1CCCC(=O)OC[C@H](COP(=O)(O)O)OC(=O)CCCCCCCCCCCCCCCCC(C)CC. The van der Waals surface area contributed by atoms with Gasteiger partial charge in [-0.15, -0.1) is 0 Å². The van der Waals surface area contributed by atoms with Gasteiger partial charge in [-0.25, -0.2) is 4.57 Å². The van der Waals surface area contributed by atoms with E-state index in [0.29, 0.717) is 12.8 Å². The third kappa shape index (κ3) is 33.6. The van der Waals surface area contributed by atoms with Gasteiger partial charge in [0.2, 0.25) is 0 Å². The smallest absolute Gasteiger partial charge is 0.462 e. The fraction of sp³-hybridized carbons (Fsp3) is 0.818. The molecule has 314 valence electrons. The summed E-state index contributed by atoms with van der Waals surface area (Å²) in [5.41, 5.74) is 0. The highest BCUT2D eigenvalue weighted by molar-refractivity contribution is 7.46. The van der Waals surface area contributed by atoms with Crippen molar-refractivity contribution in [2.24, 2.45) is 5.92 Å². The van der Waals surface area contributed by atoms with E-state index in [0.717, 1.165) is 50.9 Å². The molecule has 0 aromatic rings. The van der Waals surface area contributed by atoms with Crippen molar-refractivity contribution in [1.82, 2.24) is 0 Å². The molecule has 1 heterocycles. The van der Waals surface area contributed by atoms with Gasteiger partial charge in [0.1, 0.15) is 6.61 Å². The van der Waals surface area contributed by atoms with Crippen LogP contribution in [0.1, 0.15) is 194 Å². The van der Waals surface area contributed by atoms with Crippen LogP contribution in [0.5, 0.6) is 0 Å². The van der Waals surface area contributed by atoms with Crippen molar-refractivity contribution in [2.75, 3.05) is 13.2 Å². The second kappa shape index (κ2) is 34.5. The van der Waals surface area contributed by atoms with Gasteiger partial charge in [0.25, 0.3) is 0 Å². The van der Waals surface area contributed by atoms with Gasteiger partial charge >= 0.3 is 19.8 Å². The molecule has 0 radical (unpaired) electrons. The molecule has 0 saturated carbocycles. The van der Waals surface area contributed by atoms with E-state index in [1.165, 1.54) is 103 Å². The lowest BCUT2D eigenvalue weighted by atomic mass is 9.99. The molecule has 1 saturated heterocycles. The van der Waals surface area contributed by atoms with Crippen LogP contribution in [-0.2, 0) is 32.9 Å². The molecule has 1 aliphatic heterocycles. The van der Waals surface area contributed by atoms with Crippen LogP contribution >= 0.6 is 7.82 Å². The summed E-state index contributed by atoms with van der Waals surface area (Å²) in [5.74, 6) is -0.0790. The minimum atomic E-state index is -4.77. The van der Waals surface area contributed by atoms with Gasteiger partial charge in [0.15, 0.2) is 6.10 Å². The predicted octanol–water partition coefficient (Wildman–Crippen LogP) is 12.2. The number of unbranched alkanes of at least 4 members (excludes halogenated alkanes) is 16. The van der Waals surface area contributed by atoms with E-state index >= 15 is 0 Å². The molecule has 0 aliphatic carbocycles. The average Bonchev–Trinajstić information content (AvgIpc) is 3.90. The van der Waals surface area contributed by atoms with E-state index in [9.17, 15) is 14.2 Å². The fourth-order valence-corrected chi connectivity index (χ4v) is 6.74. The summed E-state index contributed by atoms with van der Waals surface area (Å²) in [4.78, 5) is 43.0. The number of rotatable bonds is 38. The highest BCUT2D eigenvalue weighted by atomic mass is 31.2. The quantitative estimate of drug-likeness (QED) is 0.0206. The Hall–Kier alpha value is -1.77. The number of hydrogen-bond acceptors (Lipinski definition) is 7. The average molecular weight is 783 g/mol. The summed E-state index contributed by atoms with van der Waals surface area (Å²) in [7, 11) is -4.77. The van der Waals surface area contributed by atoms with E-state index < -0.39 is 32.5 Å². The van der Waals surface area contributed by atoms with Crippen molar-refractivity contribution in [2.45, 2.75) is 212 Å². The number of carbonyl (C=O) groups is 2. The maximum absolute atomic E-state index is 12.4. The van der Waals surface area contributed by atoms with Crippen LogP contribution in [0.2, 0.25) is 0 Å². The van der Waals surface area contributed by atoms with E-state index in [4.69, 9.17) is 24.0 Å². The largest absolute Gasteiger partial charge is 0.469 e. The van der Waals surface area contributed by atoms with Gasteiger partial charge in [-0.05, 0) is 57.3 Å². The molecular formula is C44H79O9P. The number of hydrogen-bond donors (Lipinski definition) is 2. The Morgan fingerprint density at radius 1 is 0.667 bits per heavy atom. The summed E-state index contributed by atoms with van der Waals surface area (Å²) in [5, 5.41) is 0. The Morgan fingerprint density at radius 2 is 1.22 bits per heavy atom. The van der Waals surface area contributed by atoms with E-state index in [1.54, 1.807) is 0 Å². The normalized spacial score (nSPS) is 17.1. The minimum absolute atomic E-state index is 0.139. The number of esters is 2. The molecule has 0 aromatic heterocycles. The van der Waals surface area contributed by atoms with Crippen LogP contribution in [0.4, 0.5) is 0 Å². The first-order chi connectivity index (χ1) is 26.1. The Morgan fingerprint density at radius 3 is 1.81 bits per heavy atom. The predicted molar refractivity (Wildman–Crippen MR) is 220 cm³/mol. The molecule has 0 amide bonds. The number of phosphoric ester groups is 1. The zero-order valence-electron chi connectivity index (χ0n) is 34.5. The van der Waals surface area contributed by atoms with Gasteiger partial charge in [-0.3, -0.25) is 14.1 Å². The summed E-state index contributed by atoms with van der Waals surface area (Å²) >= 11 is 0. The lowest BCUT2D eigenvalue weighted by Gasteiger charge is -2.18. The Bertz CT molecular complexity index is 1050. The third-order valence-electron chi connectivity index (χ3n) is 10.1. The van der Waals surface area contributed by atoms with Crippen LogP contribution in [0.3, 0.4) is 0 Å². The lowest BCUT2D eigenvalue weighted by molar-refractivity contribution is -0.161. The first kappa shape index (κ1) is 50.2. The summed E-state index contributed by atoms with van der Waals surface area (Å²) in [6.45, 7) is 5.98. The first-order valence-electron chi connectivity index (χ1n) is 21.8. The Kier molecular flexibility index (Phi) is 32.1.